The summed E-state index contributed by atoms with van der Waals surface area (Å²) in [7, 11) is 0. The fourth-order valence-electron chi connectivity index (χ4n) is 3.32. The molecule has 2 N–H and O–H groups in total. The van der Waals surface area contributed by atoms with Crippen molar-refractivity contribution in [3.8, 4) is 22.4 Å². The van der Waals surface area contributed by atoms with E-state index in [4.69, 9.17) is 10.5 Å². The molecule has 2 aromatic heterocycles. The Balaban J connectivity index is 1.79. The van der Waals surface area contributed by atoms with E-state index < -0.39 is 11.7 Å². The fraction of sp³-hybridized carbons (Fsp3) is 0.167. The highest BCUT2D eigenvalue weighted by molar-refractivity contribution is 5.96. The van der Waals surface area contributed by atoms with Gasteiger partial charge >= 0.3 is 6.09 Å². The molecule has 4 rings (SSSR count). The summed E-state index contributed by atoms with van der Waals surface area (Å²) >= 11 is 0. The summed E-state index contributed by atoms with van der Waals surface area (Å²) in [4.78, 5) is 17.1. The molecule has 0 aliphatic rings. The summed E-state index contributed by atoms with van der Waals surface area (Å²) in [6.45, 7) is 5.57. The van der Waals surface area contributed by atoms with Gasteiger partial charge in [0.25, 0.3) is 0 Å². The quantitative estimate of drug-likeness (QED) is 0.447. The third-order valence-corrected chi connectivity index (χ3v) is 4.58. The zero-order chi connectivity index (χ0) is 20.6. The SMILES string of the molecule is CC(C)(C)OC(=O)n1c(-c2ccc(-c3cccc(N)c3)cc2)cc2ccncc21. The molecule has 0 atom stereocenters. The Morgan fingerprint density at radius 1 is 0.966 bits per heavy atom. The molecule has 0 saturated carbocycles. The molecular weight excluding hydrogens is 362 g/mol. The fourth-order valence-corrected chi connectivity index (χ4v) is 3.32. The van der Waals surface area contributed by atoms with E-state index in [1.807, 2.05) is 81.4 Å². The number of aromatic nitrogens is 2. The normalized spacial score (nSPS) is 11.6. The molecular formula is C24H23N3O2. The summed E-state index contributed by atoms with van der Waals surface area (Å²) in [5, 5.41) is 0.931. The van der Waals surface area contributed by atoms with Gasteiger partial charge in [-0.05, 0) is 61.7 Å². The maximum atomic E-state index is 13.0. The van der Waals surface area contributed by atoms with E-state index in [0.717, 1.165) is 39.0 Å². The summed E-state index contributed by atoms with van der Waals surface area (Å²) < 4.78 is 7.23. The minimum Gasteiger partial charge on any atom is -0.443 e. The van der Waals surface area contributed by atoms with E-state index in [2.05, 4.69) is 4.98 Å². The molecule has 2 aromatic carbocycles. The molecule has 0 unspecified atom stereocenters. The van der Waals surface area contributed by atoms with Crippen LogP contribution in [0.3, 0.4) is 0 Å². The Morgan fingerprint density at radius 3 is 2.38 bits per heavy atom. The lowest BCUT2D eigenvalue weighted by Gasteiger charge is -2.21. The molecule has 0 fully saturated rings. The van der Waals surface area contributed by atoms with Gasteiger partial charge in [-0.25, -0.2) is 9.36 Å². The molecule has 146 valence electrons. The first-order valence-electron chi connectivity index (χ1n) is 9.47. The van der Waals surface area contributed by atoms with Gasteiger partial charge in [0.2, 0.25) is 0 Å². The summed E-state index contributed by atoms with van der Waals surface area (Å²) in [5.74, 6) is 0. The van der Waals surface area contributed by atoms with Gasteiger partial charge in [0, 0.05) is 17.3 Å². The lowest BCUT2D eigenvalue weighted by Crippen LogP contribution is -2.27. The minimum absolute atomic E-state index is 0.421. The second kappa shape index (κ2) is 7.09. The lowest BCUT2D eigenvalue weighted by molar-refractivity contribution is 0.0547. The van der Waals surface area contributed by atoms with Crippen LogP contribution < -0.4 is 5.73 Å². The second-order valence-corrected chi connectivity index (χ2v) is 7.98. The first-order chi connectivity index (χ1) is 13.8. The first kappa shape index (κ1) is 18.7. The predicted molar refractivity (Wildman–Crippen MR) is 117 cm³/mol. The van der Waals surface area contributed by atoms with Gasteiger partial charge in [-0.2, -0.15) is 0 Å². The molecule has 0 amide bonds. The largest absolute Gasteiger partial charge is 0.443 e. The average molecular weight is 385 g/mol. The highest BCUT2D eigenvalue weighted by atomic mass is 16.6. The number of rotatable bonds is 2. The number of benzene rings is 2. The average Bonchev–Trinajstić information content (AvgIpc) is 3.06. The second-order valence-electron chi connectivity index (χ2n) is 7.98. The summed E-state index contributed by atoms with van der Waals surface area (Å²) in [5.41, 5.74) is 10.5. The molecule has 0 saturated heterocycles. The summed E-state index contributed by atoms with van der Waals surface area (Å²) in [6, 6.07) is 19.7. The highest BCUT2D eigenvalue weighted by Gasteiger charge is 2.22. The number of nitrogens with zero attached hydrogens (tertiary/aromatic N) is 2. The first-order valence-corrected chi connectivity index (χ1v) is 9.47. The number of fused-ring (bicyclic) bond motifs is 1. The van der Waals surface area contributed by atoms with Crippen LogP contribution in [-0.4, -0.2) is 21.2 Å². The van der Waals surface area contributed by atoms with Crippen LogP contribution in [0.1, 0.15) is 20.8 Å². The molecule has 5 nitrogen and oxygen atoms in total. The number of hydrogen-bond donors (Lipinski definition) is 1. The van der Waals surface area contributed by atoms with Crippen LogP contribution in [0.15, 0.2) is 73.1 Å². The number of carbonyl (C=O) groups excluding carboxylic acids is 1. The zero-order valence-corrected chi connectivity index (χ0v) is 16.7. The smallest absolute Gasteiger partial charge is 0.419 e. The van der Waals surface area contributed by atoms with Crippen molar-refractivity contribution in [3.05, 3.63) is 73.1 Å². The minimum atomic E-state index is -0.593. The Bertz CT molecular complexity index is 1180. The van der Waals surface area contributed by atoms with Gasteiger partial charge in [0.1, 0.15) is 5.60 Å². The topological polar surface area (TPSA) is 70.1 Å². The number of nitrogen functional groups attached to an aromatic ring is 1. The Hall–Kier alpha value is -3.60. The molecule has 4 aromatic rings. The van der Waals surface area contributed by atoms with Crippen molar-refractivity contribution < 1.29 is 9.53 Å². The van der Waals surface area contributed by atoms with Crippen molar-refractivity contribution in [2.45, 2.75) is 26.4 Å². The molecule has 29 heavy (non-hydrogen) atoms. The third-order valence-electron chi connectivity index (χ3n) is 4.58. The van der Waals surface area contributed by atoms with Crippen molar-refractivity contribution in [2.24, 2.45) is 0 Å². The number of anilines is 1. The lowest BCUT2D eigenvalue weighted by atomic mass is 10.0. The Kier molecular flexibility index (Phi) is 4.59. The number of pyridine rings is 1. The van der Waals surface area contributed by atoms with Gasteiger partial charge in [-0.15, -0.1) is 0 Å². The van der Waals surface area contributed by atoms with Crippen molar-refractivity contribution in [2.75, 3.05) is 5.73 Å². The highest BCUT2D eigenvalue weighted by Crippen LogP contribution is 2.31. The predicted octanol–water partition coefficient (Wildman–Crippen LogP) is 5.74. The summed E-state index contributed by atoms with van der Waals surface area (Å²) in [6.07, 6.45) is 2.98. The standard InChI is InChI=1S/C24H23N3O2/c1-24(2,3)29-23(28)27-21(14-19-11-12-26-15-22(19)27)17-9-7-16(8-10-17)18-5-4-6-20(25)13-18/h4-15H,25H2,1-3H3. The maximum absolute atomic E-state index is 13.0. The Labute approximate surface area is 169 Å². The maximum Gasteiger partial charge on any atom is 0.419 e. The number of nitrogens with two attached hydrogens (primary N) is 1. The van der Waals surface area contributed by atoms with Crippen molar-refractivity contribution in [1.82, 2.24) is 9.55 Å². The number of ether oxygens (including phenoxy) is 1. The molecule has 0 spiro atoms. The molecule has 2 heterocycles. The van der Waals surface area contributed by atoms with E-state index in [1.165, 1.54) is 0 Å². The van der Waals surface area contributed by atoms with Crippen LogP contribution >= 0.6 is 0 Å². The van der Waals surface area contributed by atoms with Gasteiger partial charge in [-0.3, -0.25) is 4.98 Å². The monoisotopic (exact) mass is 385 g/mol. The molecule has 0 aliphatic heterocycles. The molecule has 0 bridgehead atoms. The van der Waals surface area contributed by atoms with Crippen LogP contribution in [-0.2, 0) is 4.74 Å². The van der Waals surface area contributed by atoms with Gasteiger partial charge in [0.15, 0.2) is 0 Å². The zero-order valence-electron chi connectivity index (χ0n) is 16.7. The van der Waals surface area contributed by atoms with Crippen molar-refractivity contribution in [3.63, 3.8) is 0 Å². The third kappa shape index (κ3) is 3.85. The van der Waals surface area contributed by atoms with Crippen LogP contribution in [0.25, 0.3) is 33.3 Å². The van der Waals surface area contributed by atoms with Crippen molar-refractivity contribution in [1.29, 1.82) is 0 Å². The van der Waals surface area contributed by atoms with E-state index in [0.29, 0.717) is 0 Å². The number of carbonyl (C=O) groups is 1. The van der Waals surface area contributed by atoms with Crippen LogP contribution in [0, 0.1) is 0 Å². The Morgan fingerprint density at radius 2 is 1.69 bits per heavy atom. The molecule has 5 heteroatoms. The molecule has 0 radical (unpaired) electrons. The van der Waals surface area contributed by atoms with Crippen molar-refractivity contribution >= 4 is 22.7 Å². The van der Waals surface area contributed by atoms with Crippen LogP contribution in [0.5, 0.6) is 0 Å². The molecule has 0 aliphatic carbocycles. The number of hydrogen-bond acceptors (Lipinski definition) is 4. The van der Waals surface area contributed by atoms with Gasteiger partial charge in [0.05, 0.1) is 17.4 Å². The van der Waals surface area contributed by atoms with Crippen LogP contribution in [0.2, 0.25) is 0 Å². The van der Waals surface area contributed by atoms with Gasteiger partial charge in [-0.1, -0.05) is 36.4 Å². The van der Waals surface area contributed by atoms with E-state index in [9.17, 15) is 4.79 Å². The van der Waals surface area contributed by atoms with E-state index in [-0.39, 0.29) is 0 Å². The van der Waals surface area contributed by atoms with Gasteiger partial charge < -0.3 is 10.5 Å². The van der Waals surface area contributed by atoms with E-state index in [1.54, 1.807) is 17.0 Å². The van der Waals surface area contributed by atoms with Crippen LogP contribution in [0.4, 0.5) is 10.5 Å². The van der Waals surface area contributed by atoms with E-state index >= 15 is 0 Å².